The van der Waals surface area contributed by atoms with Crippen molar-refractivity contribution in [2.45, 2.75) is 57.4 Å². The summed E-state index contributed by atoms with van der Waals surface area (Å²) in [7, 11) is -3.50. The quantitative estimate of drug-likeness (QED) is 0.789. The molecule has 0 atom stereocenters. The first kappa shape index (κ1) is 16.0. The van der Waals surface area contributed by atoms with Gasteiger partial charge in [-0.15, -0.1) is 0 Å². The predicted octanol–water partition coefficient (Wildman–Crippen LogP) is 2.82. The van der Waals surface area contributed by atoms with Crippen LogP contribution in [0, 0.1) is 6.92 Å². The lowest BCUT2D eigenvalue weighted by Gasteiger charge is -2.31. The highest BCUT2D eigenvalue weighted by Crippen LogP contribution is 2.24. The summed E-state index contributed by atoms with van der Waals surface area (Å²) in [5, 5.41) is 0. The Balaban J connectivity index is 3.14. The molecule has 0 heterocycles. The van der Waals surface area contributed by atoms with Crippen molar-refractivity contribution in [3.8, 4) is 0 Å². The third-order valence-electron chi connectivity index (χ3n) is 3.93. The number of nitrogens with two attached hydrogens (primary N) is 1. The minimum absolute atomic E-state index is 0.277. The summed E-state index contributed by atoms with van der Waals surface area (Å²) < 4.78 is 27.7. The standard InChI is InChI=1S/C14H24N2O2S/c1-5-14(6-2,7-3)16-19(17,18)12-8-9-13(15)11(4)10-12/h8-10,16H,5-7,15H2,1-4H3. The summed E-state index contributed by atoms with van der Waals surface area (Å²) in [6, 6.07) is 4.80. The smallest absolute Gasteiger partial charge is 0.241 e. The normalized spacial score (nSPS) is 12.6. The van der Waals surface area contributed by atoms with Gasteiger partial charge in [-0.3, -0.25) is 0 Å². The van der Waals surface area contributed by atoms with Crippen LogP contribution in [0.15, 0.2) is 23.1 Å². The molecule has 1 aromatic rings. The Morgan fingerprint density at radius 1 is 1.16 bits per heavy atom. The second kappa shape index (κ2) is 5.92. The van der Waals surface area contributed by atoms with Crippen molar-refractivity contribution in [2.75, 3.05) is 5.73 Å². The Morgan fingerprint density at radius 3 is 2.11 bits per heavy atom. The molecule has 0 fully saturated rings. The van der Waals surface area contributed by atoms with Crippen molar-refractivity contribution in [3.63, 3.8) is 0 Å². The van der Waals surface area contributed by atoms with Crippen molar-refractivity contribution in [1.82, 2.24) is 4.72 Å². The zero-order valence-corrected chi connectivity index (χ0v) is 13.0. The maximum absolute atomic E-state index is 12.4. The van der Waals surface area contributed by atoms with Crippen LogP contribution in [-0.2, 0) is 10.0 Å². The first-order chi connectivity index (χ1) is 8.80. The summed E-state index contributed by atoms with van der Waals surface area (Å²) in [5.41, 5.74) is 6.73. The fourth-order valence-corrected chi connectivity index (χ4v) is 3.83. The maximum atomic E-state index is 12.4. The number of sulfonamides is 1. The van der Waals surface area contributed by atoms with Crippen molar-refractivity contribution in [1.29, 1.82) is 0 Å². The van der Waals surface area contributed by atoms with Gasteiger partial charge in [-0.1, -0.05) is 20.8 Å². The van der Waals surface area contributed by atoms with Crippen LogP contribution in [0.25, 0.3) is 0 Å². The summed E-state index contributed by atoms with van der Waals surface area (Å²) in [6.45, 7) is 7.82. The van der Waals surface area contributed by atoms with Gasteiger partial charge in [-0.25, -0.2) is 13.1 Å². The number of hydrogen-bond donors (Lipinski definition) is 2. The molecule has 0 radical (unpaired) electrons. The molecule has 0 saturated heterocycles. The molecule has 19 heavy (non-hydrogen) atoms. The first-order valence-corrected chi connectivity index (χ1v) is 8.18. The molecule has 0 aromatic heterocycles. The van der Waals surface area contributed by atoms with Crippen LogP contribution in [0.3, 0.4) is 0 Å². The fourth-order valence-electron chi connectivity index (χ4n) is 2.13. The van der Waals surface area contributed by atoms with E-state index in [1.165, 1.54) is 0 Å². The van der Waals surface area contributed by atoms with Crippen molar-refractivity contribution in [3.05, 3.63) is 23.8 Å². The van der Waals surface area contributed by atoms with Gasteiger partial charge in [0.15, 0.2) is 0 Å². The van der Waals surface area contributed by atoms with Gasteiger partial charge in [0, 0.05) is 11.2 Å². The van der Waals surface area contributed by atoms with Crippen LogP contribution >= 0.6 is 0 Å². The average Bonchev–Trinajstić information content (AvgIpc) is 2.39. The van der Waals surface area contributed by atoms with E-state index in [1.807, 2.05) is 20.8 Å². The van der Waals surface area contributed by atoms with Gasteiger partial charge in [0.2, 0.25) is 10.0 Å². The summed E-state index contributed by atoms with van der Waals surface area (Å²) in [5.74, 6) is 0. The molecule has 0 amide bonds. The van der Waals surface area contributed by atoms with Gasteiger partial charge < -0.3 is 5.73 Å². The Hall–Kier alpha value is -1.07. The number of anilines is 1. The highest BCUT2D eigenvalue weighted by atomic mass is 32.2. The van der Waals surface area contributed by atoms with Crippen LogP contribution < -0.4 is 10.5 Å². The molecule has 0 spiro atoms. The van der Waals surface area contributed by atoms with Gasteiger partial charge in [-0.05, 0) is 49.9 Å². The van der Waals surface area contributed by atoms with E-state index in [2.05, 4.69) is 4.72 Å². The van der Waals surface area contributed by atoms with Crippen LogP contribution in [0.5, 0.6) is 0 Å². The van der Waals surface area contributed by atoms with Crippen LogP contribution in [0.4, 0.5) is 5.69 Å². The van der Waals surface area contributed by atoms with Crippen molar-refractivity contribution < 1.29 is 8.42 Å². The monoisotopic (exact) mass is 284 g/mol. The molecule has 108 valence electrons. The second-order valence-corrected chi connectivity index (χ2v) is 6.65. The van der Waals surface area contributed by atoms with E-state index in [1.54, 1.807) is 25.1 Å². The van der Waals surface area contributed by atoms with E-state index in [4.69, 9.17) is 5.73 Å². The van der Waals surface area contributed by atoms with Crippen LogP contribution in [0.2, 0.25) is 0 Å². The highest BCUT2D eigenvalue weighted by molar-refractivity contribution is 7.89. The van der Waals surface area contributed by atoms with E-state index >= 15 is 0 Å². The summed E-state index contributed by atoms with van der Waals surface area (Å²) in [6.07, 6.45) is 2.31. The second-order valence-electron chi connectivity index (χ2n) is 4.96. The van der Waals surface area contributed by atoms with Gasteiger partial charge in [0.1, 0.15) is 0 Å². The molecule has 0 aliphatic rings. The van der Waals surface area contributed by atoms with E-state index < -0.39 is 10.0 Å². The Bertz CT molecular complexity index is 526. The Labute approximate surface area is 116 Å². The number of hydrogen-bond acceptors (Lipinski definition) is 3. The number of benzene rings is 1. The number of nitrogen functional groups attached to an aromatic ring is 1. The molecule has 0 aliphatic carbocycles. The van der Waals surface area contributed by atoms with Crippen molar-refractivity contribution >= 4 is 15.7 Å². The summed E-state index contributed by atoms with van der Waals surface area (Å²) >= 11 is 0. The van der Waals surface area contributed by atoms with E-state index in [9.17, 15) is 8.42 Å². The molecule has 1 aromatic carbocycles. The Morgan fingerprint density at radius 2 is 1.68 bits per heavy atom. The zero-order chi connectivity index (χ0) is 14.7. The number of nitrogens with one attached hydrogen (secondary N) is 1. The fraction of sp³-hybridized carbons (Fsp3) is 0.571. The minimum atomic E-state index is -3.50. The lowest BCUT2D eigenvalue weighted by atomic mass is 9.91. The molecule has 1 rings (SSSR count). The molecule has 0 bridgehead atoms. The van der Waals surface area contributed by atoms with Crippen molar-refractivity contribution in [2.24, 2.45) is 0 Å². The maximum Gasteiger partial charge on any atom is 0.241 e. The minimum Gasteiger partial charge on any atom is -0.399 e. The first-order valence-electron chi connectivity index (χ1n) is 6.70. The van der Waals surface area contributed by atoms with Crippen LogP contribution in [-0.4, -0.2) is 14.0 Å². The highest BCUT2D eigenvalue weighted by Gasteiger charge is 2.30. The lowest BCUT2D eigenvalue weighted by molar-refractivity contribution is 0.341. The zero-order valence-electron chi connectivity index (χ0n) is 12.2. The molecule has 4 nitrogen and oxygen atoms in total. The van der Waals surface area contributed by atoms with E-state index in [0.717, 1.165) is 24.8 Å². The SMILES string of the molecule is CCC(CC)(CC)NS(=O)(=O)c1ccc(N)c(C)c1. The number of rotatable bonds is 6. The van der Waals surface area contributed by atoms with E-state index in [0.29, 0.717) is 5.69 Å². The largest absolute Gasteiger partial charge is 0.399 e. The summed E-state index contributed by atoms with van der Waals surface area (Å²) in [4.78, 5) is 0.277. The van der Waals surface area contributed by atoms with Gasteiger partial charge >= 0.3 is 0 Å². The van der Waals surface area contributed by atoms with Gasteiger partial charge in [0.05, 0.1) is 4.90 Å². The molecular weight excluding hydrogens is 260 g/mol. The third kappa shape index (κ3) is 3.48. The molecule has 5 heteroatoms. The molecule has 0 unspecified atom stereocenters. The van der Waals surface area contributed by atoms with Crippen LogP contribution in [0.1, 0.15) is 45.6 Å². The topological polar surface area (TPSA) is 72.2 Å². The van der Waals surface area contributed by atoms with E-state index in [-0.39, 0.29) is 10.4 Å². The van der Waals surface area contributed by atoms with Gasteiger partial charge in [-0.2, -0.15) is 0 Å². The number of aryl methyl sites for hydroxylation is 1. The molecular formula is C14H24N2O2S. The predicted molar refractivity (Wildman–Crippen MR) is 79.5 cm³/mol. The van der Waals surface area contributed by atoms with Gasteiger partial charge in [0.25, 0.3) is 0 Å². The third-order valence-corrected chi connectivity index (χ3v) is 5.51. The molecule has 3 N–H and O–H groups in total. The Kier molecular flexibility index (Phi) is 4.98. The lowest BCUT2D eigenvalue weighted by Crippen LogP contribution is -2.46. The molecule has 0 aliphatic heterocycles. The average molecular weight is 284 g/mol. The molecule has 0 saturated carbocycles.